The van der Waals surface area contributed by atoms with Gasteiger partial charge in [0.15, 0.2) is 11.6 Å². The van der Waals surface area contributed by atoms with Crippen molar-refractivity contribution in [3.63, 3.8) is 0 Å². The van der Waals surface area contributed by atoms with Gasteiger partial charge in [0, 0.05) is 26.2 Å². The molecule has 2 aromatic carbocycles. The van der Waals surface area contributed by atoms with Gasteiger partial charge in [0.05, 0.1) is 42.3 Å². The molecule has 1 saturated heterocycles. The molecule has 1 aromatic heterocycles. The molecule has 18 heteroatoms. The fourth-order valence-corrected chi connectivity index (χ4v) is 6.03. The summed E-state index contributed by atoms with van der Waals surface area (Å²) in [5.74, 6) is 0.637. The van der Waals surface area contributed by atoms with E-state index >= 15 is 0 Å². The van der Waals surface area contributed by atoms with Crippen LogP contribution in [0.3, 0.4) is 0 Å². The van der Waals surface area contributed by atoms with E-state index in [1.807, 2.05) is 4.90 Å². The van der Waals surface area contributed by atoms with Gasteiger partial charge in [-0.2, -0.15) is 26.3 Å². The molecule has 6 rings (SSSR count). The lowest BCUT2D eigenvalue weighted by Gasteiger charge is -2.42. The van der Waals surface area contributed by atoms with E-state index < -0.39 is 47.3 Å². The Labute approximate surface area is 288 Å². The number of nitrogens with two attached hydrogens (primary N) is 1. The molecule has 3 aliphatic heterocycles. The number of benzene rings is 2. The van der Waals surface area contributed by atoms with Crippen LogP contribution < -0.4 is 5.73 Å². The number of aromatic nitrogens is 7. The van der Waals surface area contributed by atoms with Crippen LogP contribution >= 0.6 is 0 Å². The smallest absolute Gasteiger partial charge is 0.416 e. The number of alkyl halides is 6. The Morgan fingerprint density at radius 1 is 0.824 bits per heavy atom. The number of anilines is 1. The van der Waals surface area contributed by atoms with Gasteiger partial charge in [0.25, 0.3) is 0 Å². The zero-order valence-corrected chi connectivity index (χ0v) is 27.7. The standard InChI is InChI=1S/C33H34F6N10O2/c1-31(2,3)51-30(50)47-14-12-46(13-15-47)26(20-4-8-22(9-5-20)32(34,35)36)27(21-6-10-23(11-7-21)33(37,38)39)49-17-24(44-45-49)16-48-19-43-28(40)25-29(48)42-18-41-25/h4-11,17-19,26-27H,12-16,40H2,1-3H3/t26-,27+/m1/s1. The van der Waals surface area contributed by atoms with Crippen molar-refractivity contribution in [1.82, 2.24) is 44.3 Å². The molecule has 0 bridgehead atoms. The SMILES string of the molecule is CC(C)(C)OC(=O)N1CCN([C@H](c2ccc(C(F)(F)F)cc2)[C@H](c2ccc(C(F)(F)F)cc2)n2cc(Cn3cnc(N)c4ncnc3-4)nn2)CC1. The molecule has 0 unspecified atom stereocenters. The Bertz CT molecular complexity index is 1930. The fraction of sp³-hybridized carbons (Fsp3) is 0.394. The van der Waals surface area contributed by atoms with Crippen molar-refractivity contribution in [1.29, 1.82) is 0 Å². The molecule has 12 nitrogen and oxygen atoms in total. The average Bonchev–Trinajstić information content (AvgIpc) is 3.75. The summed E-state index contributed by atoms with van der Waals surface area (Å²) < 4.78 is 90.4. The summed E-state index contributed by atoms with van der Waals surface area (Å²) in [4.78, 5) is 28.9. The van der Waals surface area contributed by atoms with Gasteiger partial charge in [-0.15, -0.1) is 5.10 Å². The summed E-state index contributed by atoms with van der Waals surface area (Å²) in [5, 5.41) is 8.72. The van der Waals surface area contributed by atoms with E-state index in [4.69, 9.17) is 10.5 Å². The van der Waals surface area contributed by atoms with Crippen molar-refractivity contribution in [2.75, 3.05) is 31.9 Å². The molecule has 1 amide bonds. The first-order valence-electron chi connectivity index (χ1n) is 15.9. The monoisotopic (exact) mass is 716 g/mol. The second-order valence-electron chi connectivity index (χ2n) is 13.1. The number of ether oxygens (including phenoxy) is 1. The third-order valence-electron chi connectivity index (χ3n) is 8.42. The van der Waals surface area contributed by atoms with Crippen LogP contribution in [-0.2, 0) is 23.6 Å². The second-order valence-corrected chi connectivity index (χ2v) is 13.1. The normalized spacial score (nSPS) is 16.0. The number of piperazine rings is 1. The van der Waals surface area contributed by atoms with Crippen LogP contribution in [0, 0.1) is 0 Å². The second kappa shape index (κ2) is 13.5. The van der Waals surface area contributed by atoms with Crippen LogP contribution in [0.5, 0.6) is 0 Å². The number of nitrogens with zero attached hydrogens (tertiary/aromatic N) is 9. The highest BCUT2D eigenvalue weighted by Gasteiger charge is 2.38. The molecule has 0 saturated carbocycles. The van der Waals surface area contributed by atoms with E-state index in [0.717, 1.165) is 24.3 Å². The third-order valence-corrected chi connectivity index (χ3v) is 8.42. The summed E-state index contributed by atoms with van der Waals surface area (Å²) in [7, 11) is 0. The summed E-state index contributed by atoms with van der Waals surface area (Å²) in [6, 6.07) is 7.53. The van der Waals surface area contributed by atoms with Crippen LogP contribution in [0.1, 0.15) is 60.8 Å². The van der Waals surface area contributed by atoms with Crippen molar-refractivity contribution < 1.29 is 35.9 Å². The molecule has 3 aromatic rings. The highest BCUT2D eigenvalue weighted by Crippen LogP contribution is 2.40. The molecule has 3 aliphatic rings. The maximum Gasteiger partial charge on any atom is 0.416 e. The Hall–Kier alpha value is -5.26. The van der Waals surface area contributed by atoms with Crippen LogP contribution in [0.25, 0.3) is 11.5 Å². The third kappa shape index (κ3) is 7.90. The largest absolute Gasteiger partial charge is 0.444 e. The summed E-state index contributed by atoms with van der Waals surface area (Å²) >= 11 is 0. The van der Waals surface area contributed by atoms with Gasteiger partial charge in [0.1, 0.15) is 23.3 Å². The quantitative estimate of drug-likeness (QED) is 0.204. The van der Waals surface area contributed by atoms with Crippen molar-refractivity contribution >= 4 is 11.9 Å². The first kappa shape index (κ1) is 35.6. The minimum atomic E-state index is -4.60. The number of hydrogen-bond donors (Lipinski definition) is 1. The highest BCUT2D eigenvalue weighted by molar-refractivity contribution is 5.68. The summed E-state index contributed by atoms with van der Waals surface area (Å²) in [6.07, 6.45) is -5.28. The van der Waals surface area contributed by atoms with Crippen LogP contribution in [0.4, 0.5) is 37.0 Å². The molecule has 270 valence electrons. The molecule has 4 heterocycles. The maximum atomic E-state index is 13.6. The lowest BCUT2D eigenvalue weighted by atomic mass is 9.90. The van der Waals surface area contributed by atoms with Crippen LogP contribution in [0.2, 0.25) is 0 Å². The number of imidazole rings is 1. The molecule has 2 atom stereocenters. The van der Waals surface area contributed by atoms with Crippen molar-refractivity contribution in [3.05, 3.63) is 95.3 Å². The number of amides is 1. The average molecular weight is 717 g/mol. The molecule has 1 fully saturated rings. The summed E-state index contributed by atoms with van der Waals surface area (Å²) in [5.41, 5.74) is 5.13. The maximum absolute atomic E-state index is 13.6. The Morgan fingerprint density at radius 2 is 1.39 bits per heavy atom. The van der Waals surface area contributed by atoms with Gasteiger partial charge >= 0.3 is 18.4 Å². The molecule has 2 N–H and O–H groups in total. The Balaban J connectivity index is 1.41. The predicted octanol–water partition coefficient (Wildman–Crippen LogP) is 5.92. The van der Waals surface area contributed by atoms with Crippen molar-refractivity contribution in [3.8, 4) is 11.5 Å². The van der Waals surface area contributed by atoms with Crippen molar-refractivity contribution in [2.45, 2.75) is 57.4 Å². The van der Waals surface area contributed by atoms with Gasteiger partial charge in [-0.05, 0) is 56.2 Å². The molecule has 51 heavy (non-hydrogen) atoms. The number of rotatable bonds is 7. The lowest BCUT2D eigenvalue weighted by molar-refractivity contribution is -0.138. The van der Waals surface area contributed by atoms with Crippen molar-refractivity contribution in [2.24, 2.45) is 0 Å². The van der Waals surface area contributed by atoms with E-state index in [1.54, 1.807) is 31.5 Å². The fourth-order valence-electron chi connectivity index (χ4n) is 6.03. The minimum absolute atomic E-state index is 0.127. The van der Waals surface area contributed by atoms with E-state index in [0.29, 0.717) is 28.3 Å². The topological polar surface area (TPSA) is 133 Å². The first-order valence-corrected chi connectivity index (χ1v) is 15.9. The van der Waals surface area contributed by atoms with Gasteiger partial charge < -0.3 is 19.9 Å². The van der Waals surface area contributed by atoms with Gasteiger partial charge in [-0.25, -0.2) is 24.4 Å². The Kier molecular flexibility index (Phi) is 9.39. The number of carbonyl (C=O) groups is 1. The molecule has 0 spiro atoms. The minimum Gasteiger partial charge on any atom is -0.444 e. The molecule has 0 radical (unpaired) electrons. The lowest BCUT2D eigenvalue weighted by Crippen LogP contribution is -2.52. The number of fused-ring (bicyclic) bond motifs is 1. The predicted molar refractivity (Wildman–Crippen MR) is 171 cm³/mol. The molecule has 0 aliphatic carbocycles. The molecular formula is C33H34F6N10O2. The highest BCUT2D eigenvalue weighted by atomic mass is 19.4. The van der Waals surface area contributed by atoms with Gasteiger partial charge in [0.2, 0.25) is 0 Å². The van der Waals surface area contributed by atoms with E-state index in [-0.39, 0.29) is 38.5 Å². The van der Waals surface area contributed by atoms with Crippen LogP contribution in [-0.4, -0.2) is 82.2 Å². The van der Waals surface area contributed by atoms with Crippen LogP contribution in [0.15, 0.2) is 67.4 Å². The summed E-state index contributed by atoms with van der Waals surface area (Å²) in [6.45, 7) is 6.37. The van der Waals surface area contributed by atoms with Gasteiger partial charge in [-0.1, -0.05) is 29.5 Å². The van der Waals surface area contributed by atoms with E-state index in [1.165, 1.54) is 46.5 Å². The zero-order chi connectivity index (χ0) is 36.7. The van der Waals surface area contributed by atoms with Gasteiger partial charge in [-0.3, -0.25) is 4.90 Å². The Morgan fingerprint density at radius 3 is 1.94 bits per heavy atom. The van der Waals surface area contributed by atoms with E-state index in [9.17, 15) is 31.1 Å². The number of nitrogen functional groups attached to an aromatic ring is 1. The number of carbonyl (C=O) groups excluding carboxylic acids is 1. The van der Waals surface area contributed by atoms with E-state index in [2.05, 4.69) is 25.3 Å². The zero-order valence-electron chi connectivity index (χ0n) is 27.7. The number of hydrogen-bond acceptors (Lipinski definition) is 9. The molecular weight excluding hydrogens is 682 g/mol. The first-order chi connectivity index (χ1) is 24.0. The number of halogens is 6.